The summed E-state index contributed by atoms with van der Waals surface area (Å²) in [5.41, 5.74) is 0.0849. The fourth-order valence-corrected chi connectivity index (χ4v) is 4.46. The number of esters is 1. The van der Waals surface area contributed by atoms with Crippen molar-refractivity contribution in [1.82, 2.24) is 19.4 Å². The van der Waals surface area contributed by atoms with Crippen LogP contribution in [0.25, 0.3) is 0 Å². The Hall–Kier alpha value is -4.32. The highest BCUT2D eigenvalue weighted by Gasteiger charge is 2.24. The highest BCUT2D eigenvalue weighted by atomic mass is 35.5. The van der Waals surface area contributed by atoms with Crippen LogP contribution in [0.5, 0.6) is 5.75 Å². The molecule has 1 amide bonds. The van der Waals surface area contributed by atoms with Gasteiger partial charge in [-0.3, -0.25) is 14.3 Å². The number of aromatic nitrogens is 3. The molecule has 0 saturated heterocycles. The first-order chi connectivity index (χ1) is 21.2. The lowest BCUT2D eigenvalue weighted by Crippen LogP contribution is -2.50. The van der Waals surface area contributed by atoms with Crippen LogP contribution in [-0.2, 0) is 27.4 Å². The van der Waals surface area contributed by atoms with Gasteiger partial charge in [0, 0.05) is 18.1 Å². The quantitative estimate of drug-likeness (QED) is 0.277. The smallest absolute Gasteiger partial charge is 0.407 e. The van der Waals surface area contributed by atoms with Crippen LogP contribution < -0.4 is 27.1 Å². The van der Waals surface area contributed by atoms with E-state index in [0.717, 1.165) is 15.7 Å². The van der Waals surface area contributed by atoms with Crippen molar-refractivity contribution in [3.05, 3.63) is 85.2 Å². The SMILES string of the molecule is CCOC(=O)C(CCn1c(=O)[nH]/c(=N\c2ccc(OC(C)C)c(C)c2)n(Cc2ccc(Cl)cc2)c1=O)CNC(=O)OC(C)(C)C. The molecule has 3 aromatic rings. The first kappa shape index (κ1) is 35.2. The summed E-state index contributed by atoms with van der Waals surface area (Å²) in [6.45, 7) is 12.6. The van der Waals surface area contributed by atoms with Crippen molar-refractivity contribution in [3.63, 3.8) is 0 Å². The van der Waals surface area contributed by atoms with Gasteiger partial charge in [0.15, 0.2) is 0 Å². The van der Waals surface area contributed by atoms with E-state index in [0.29, 0.717) is 16.5 Å². The molecule has 1 heterocycles. The van der Waals surface area contributed by atoms with Crippen molar-refractivity contribution in [3.8, 4) is 5.75 Å². The number of aromatic amines is 1. The Morgan fingerprint density at radius 3 is 2.36 bits per heavy atom. The van der Waals surface area contributed by atoms with Gasteiger partial charge in [-0.25, -0.2) is 23.9 Å². The van der Waals surface area contributed by atoms with Crippen molar-refractivity contribution in [1.29, 1.82) is 0 Å². The summed E-state index contributed by atoms with van der Waals surface area (Å²) < 4.78 is 18.6. The molecule has 1 aromatic heterocycles. The Kier molecular flexibility index (Phi) is 12.2. The van der Waals surface area contributed by atoms with E-state index >= 15 is 0 Å². The van der Waals surface area contributed by atoms with Gasteiger partial charge < -0.3 is 19.5 Å². The number of alkyl carbamates (subject to hydrolysis) is 1. The summed E-state index contributed by atoms with van der Waals surface area (Å²) in [5, 5.41) is 3.11. The monoisotopic (exact) mass is 643 g/mol. The zero-order valence-corrected chi connectivity index (χ0v) is 27.6. The molecule has 0 spiro atoms. The van der Waals surface area contributed by atoms with Crippen LogP contribution in [-0.4, -0.2) is 51.0 Å². The van der Waals surface area contributed by atoms with Crippen LogP contribution >= 0.6 is 11.6 Å². The molecule has 1 unspecified atom stereocenters. The number of amides is 1. The van der Waals surface area contributed by atoms with Gasteiger partial charge >= 0.3 is 23.4 Å². The van der Waals surface area contributed by atoms with Gasteiger partial charge in [-0.1, -0.05) is 23.7 Å². The van der Waals surface area contributed by atoms with Gasteiger partial charge in [0.1, 0.15) is 11.4 Å². The van der Waals surface area contributed by atoms with Gasteiger partial charge in [0.05, 0.1) is 30.9 Å². The third kappa shape index (κ3) is 10.7. The van der Waals surface area contributed by atoms with Crippen molar-refractivity contribution < 1.29 is 23.8 Å². The lowest BCUT2D eigenvalue weighted by atomic mass is 10.1. The minimum Gasteiger partial charge on any atom is -0.491 e. The Balaban J connectivity index is 2.00. The topological polar surface area (TPSA) is 146 Å². The van der Waals surface area contributed by atoms with Crippen LogP contribution in [0.15, 0.2) is 57.0 Å². The first-order valence-corrected chi connectivity index (χ1v) is 15.2. The fourth-order valence-electron chi connectivity index (χ4n) is 4.33. The van der Waals surface area contributed by atoms with Crippen LogP contribution in [0.3, 0.4) is 0 Å². The lowest BCUT2D eigenvalue weighted by Gasteiger charge is -2.21. The molecule has 0 aliphatic rings. The average Bonchev–Trinajstić information content (AvgIpc) is 2.93. The van der Waals surface area contributed by atoms with E-state index in [1.807, 2.05) is 20.8 Å². The number of ether oxygens (including phenoxy) is 3. The number of rotatable bonds is 12. The molecule has 12 nitrogen and oxygen atoms in total. The van der Waals surface area contributed by atoms with Crippen molar-refractivity contribution >= 4 is 29.4 Å². The van der Waals surface area contributed by atoms with Crippen LogP contribution in [0.2, 0.25) is 5.02 Å². The summed E-state index contributed by atoms with van der Waals surface area (Å²) >= 11 is 6.06. The fraction of sp³-hybridized carbons (Fsp3) is 0.469. The maximum absolute atomic E-state index is 13.8. The second kappa shape index (κ2) is 15.6. The van der Waals surface area contributed by atoms with E-state index in [1.54, 1.807) is 70.2 Å². The van der Waals surface area contributed by atoms with E-state index in [4.69, 9.17) is 25.8 Å². The molecule has 0 radical (unpaired) electrons. The molecule has 2 N–H and O–H groups in total. The normalized spacial score (nSPS) is 12.6. The van der Waals surface area contributed by atoms with E-state index in [1.165, 1.54) is 4.57 Å². The van der Waals surface area contributed by atoms with Crippen LogP contribution in [0.4, 0.5) is 10.5 Å². The number of H-pyrrole nitrogens is 1. The Morgan fingerprint density at radius 2 is 1.76 bits per heavy atom. The Morgan fingerprint density at radius 1 is 1.07 bits per heavy atom. The molecule has 2 aromatic carbocycles. The number of hydrogen-bond acceptors (Lipinski definition) is 8. The second-order valence-electron chi connectivity index (χ2n) is 11.7. The number of aryl methyl sites for hydroxylation is 1. The number of carbonyl (C=O) groups is 2. The van der Waals surface area contributed by atoms with Crippen molar-refractivity contribution in [2.24, 2.45) is 10.9 Å². The minimum absolute atomic E-state index is 0.00603. The zero-order chi connectivity index (χ0) is 33.3. The zero-order valence-electron chi connectivity index (χ0n) is 26.8. The molecule has 0 aliphatic carbocycles. The van der Waals surface area contributed by atoms with Crippen LogP contribution in [0.1, 0.15) is 59.1 Å². The number of benzene rings is 2. The summed E-state index contributed by atoms with van der Waals surface area (Å²) in [6.07, 6.45) is -0.669. The molecule has 0 saturated carbocycles. The highest BCUT2D eigenvalue weighted by Crippen LogP contribution is 2.24. The first-order valence-electron chi connectivity index (χ1n) is 14.8. The Bertz CT molecular complexity index is 1670. The molecule has 0 aliphatic heterocycles. The predicted molar refractivity (Wildman–Crippen MR) is 171 cm³/mol. The molecule has 45 heavy (non-hydrogen) atoms. The van der Waals surface area contributed by atoms with Gasteiger partial charge in [-0.05, 0) is 96.3 Å². The van der Waals surface area contributed by atoms with Gasteiger partial charge in [-0.15, -0.1) is 0 Å². The third-order valence-corrected chi connectivity index (χ3v) is 6.66. The third-order valence-electron chi connectivity index (χ3n) is 6.40. The maximum atomic E-state index is 13.8. The summed E-state index contributed by atoms with van der Waals surface area (Å²) in [7, 11) is 0. The largest absolute Gasteiger partial charge is 0.491 e. The van der Waals surface area contributed by atoms with Gasteiger partial charge in [-0.2, -0.15) is 0 Å². The van der Waals surface area contributed by atoms with E-state index in [9.17, 15) is 19.2 Å². The molecule has 244 valence electrons. The average molecular weight is 644 g/mol. The Labute approximate surface area is 267 Å². The second-order valence-corrected chi connectivity index (χ2v) is 12.2. The molecular formula is C32H42ClN5O7. The highest BCUT2D eigenvalue weighted by molar-refractivity contribution is 6.30. The minimum atomic E-state index is -0.840. The molecule has 13 heteroatoms. The van der Waals surface area contributed by atoms with E-state index < -0.39 is 35.0 Å². The summed E-state index contributed by atoms with van der Waals surface area (Å²) in [4.78, 5) is 59.4. The maximum Gasteiger partial charge on any atom is 0.407 e. The van der Waals surface area contributed by atoms with E-state index in [2.05, 4.69) is 15.3 Å². The molecule has 1 atom stereocenters. The number of nitrogens with one attached hydrogen (secondary N) is 2. The number of carbonyl (C=O) groups excluding carboxylic acids is 2. The van der Waals surface area contributed by atoms with Crippen LogP contribution in [0, 0.1) is 12.8 Å². The summed E-state index contributed by atoms with van der Waals surface area (Å²) in [6, 6.07) is 12.3. The van der Waals surface area contributed by atoms with Crippen molar-refractivity contribution in [2.45, 2.75) is 79.7 Å². The molecule has 3 rings (SSSR count). The van der Waals surface area contributed by atoms with Gasteiger partial charge in [0.2, 0.25) is 5.62 Å². The molecule has 0 bridgehead atoms. The number of halogens is 1. The number of hydrogen-bond donors (Lipinski definition) is 2. The lowest BCUT2D eigenvalue weighted by molar-refractivity contribution is -0.148. The molecular weight excluding hydrogens is 602 g/mol. The van der Waals surface area contributed by atoms with E-state index in [-0.39, 0.29) is 44.4 Å². The predicted octanol–water partition coefficient (Wildman–Crippen LogP) is 4.46. The van der Waals surface area contributed by atoms with Crippen molar-refractivity contribution in [2.75, 3.05) is 13.2 Å². The van der Waals surface area contributed by atoms with Gasteiger partial charge in [0.25, 0.3) is 0 Å². The summed E-state index contributed by atoms with van der Waals surface area (Å²) in [5.74, 6) is -0.703. The molecule has 0 fully saturated rings. The standard InChI is InChI=1S/C32H42ClN5O7/c1-8-43-27(39)23(18-34-30(41)45-32(5,6)7)15-16-37-29(40)36-28(35-25-13-14-26(21(4)17-25)44-20(2)3)38(31(37)42)19-22-9-11-24(33)12-10-22/h9-14,17,20,23H,8,15-16,18-19H2,1-7H3,(H,34,41)(H,35,36,40). The number of nitrogens with zero attached hydrogens (tertiary/aromatic N) is 3.